The van der Waals surface area contributed by atoms with E-state index in [2.05, 4.69) is 25.4 Å². The Morgan fingerprint density at radius 1 is 0.964 bits per heavy atom. The molecular weight excluding hydrogens is 743 g/mol. The first-order valence-electron chi connectivity index (χ1n) is 18.0. The van der Waals surface area contributed by atoms with Crippen LogP contribution >= 0.6 is 0 Å². The van der Waals surface area contributed by atoms with Crippen molar-refractivity contribution in [2.75, 3.05) is 67.7 Å². The van der Waals surface area contributed by atoms with E-state index >= 15 is 0 Å². The van der Waals surface area contributed by atoms with Crippen molar-refractivity contribution in [2.24, 2.45) is 0 Å². The number of carbonyl (C=O) groups is 1. The molecule has 6 aromatic rings. The van der Waals surface area contributed by atoms with Crippen LogP contribution in [0.25, 0.3) is 28.3 Å². The minimum Gasteiger partial charge on any atom is -0.494 e. The zero-order valence-electron chi connectivity index (χ0n) is 31.0. The quantitative estimate of drug-likeness (QED) is 0.107. The number of hydrogen-bond acceptors (Lipinski definition) is 10. The number of ether oxygens (including phenoxy) is 2. The Hall–Kier alpha value is -5.97. The van der Waals surface area contributed by atoms with E-state index < -0.39 is 34.3 Å². The van der Waals surface area contributed by atoms with Gasteiger partial charge in [-0.3, -0.25) is 14.1 Å². The van der Waals surface area contributed by atoms with E-state index in [9.17, 15) is 22.3 Å². The fourth-order valence-electron chi connectivity index (χ4n) is 6.75. The van der Waals surface area contributed by atoms with Crippen LogP contribution in [0.3, 0.4) is 0 Å². The van der Waals surface area contributed by atoms with Gasteiger partial charge in [-0.2, -0.15) is 0 Å². The van der Waals surface area contributed by atoms with Gasteiger partial charge in [0.05, 0.1) is 47.8 Å². The summed E-state index contributed by atoms with van der Waals surface area (Å²) in [6.07, 6.45) is 3.49. The Balaban J connectivity index is 1.20. The summed E-state index contributed by atoms with van der Waals surface area (Å²) >= 11 is -1.81. The Morgan fingerprint density at radius 3 is 2.48 bits per heavy atom. The van der Waals surface area contributed by atoms with Crippen molar-refractivity contribution in [3.05, 3.63) is 108 Å². The molecule has 13 nitrogen and oxygen atoms in total. The van der Waals surface area contributed by atoms with Gasteiger partial charge in [-0.25, -0.2) is 27.9 Å². The highest BCUT2D eigenvalue weighted by Gasteiger charge is 2.24. The molecule has 3 aromatic heterocycles. The maximum Gasteiger partial charge on any atom is 0.259 e. The largest absolute Gasteiger partial charge is 0.494 e. The molecule has 3 aromatic carbocycles. The van der Waals surface area contributed by atoms with Crippen LogP contribution in [0.2, 0.25) is 0 Å². The second kappa shape index (κ2) is 16.8. The third-order valence-electron chi connectivity index (χ3n) is 9.49. The summed E-state index contributed by atoms with van der Waals surface area (Å²) in [5.41, 5.74) is 5.02. The molecule has 1 saturated heterocycles. The number of anilines is 4. The molecule has 16 heteroatoms. The fraction of sp³-hybridized carbons (Fsp3) is 0.250. The summed E-state index contributed by atoms with van der Waals surface area (Å²) in [6, 6.07) is 19.7. The number of halogens is 2. The maximum absolute atomic E-state index is 14.5. The van der Waals surface area contributed by atoms with Gasteiger partial charge in [-0.15, -0.1) is 0 Å². The number of nitrogens with zero attached hydrogens (tertiary/aromatic N) is 6. The highest BCUT2D eigenvalue weighted by Crippen LogP contribution is 2.37. The van der Waals surface area contributed by atoms with Gasteiger partial charge in [0, 0.05) is 62.4 Å². The number of imidazole rings is 1. The van der Waals surface area contributed by atoms with Crippen molar-refractivity contribution in [3.8, 4) is 34.1 Å². The molecule has 0 radical (unpaired) electrons. The number of methoxy groups -OCH3 is 1. The molecule has 0 spiro atoms. The molecule has 290 valence electrons. The second-order valence-corrected chi connectivity index (χ2v) is 14.1. The van der Waals surface area contributed by atoms with E-state index in [-0.39, 0.29) is 23.7 Å². The van der Waals surface area contributed by atoms with Gasteiger partial charge in [0.2, 0.25) is 5.95 Å². The van der Waals surface area contributed by atoms with E-state index in [0.717, 1.165) is 49.6 Å². The van der Waals surface area contributed by atoms with E-state index in [4.69, 9.17) is 19.4 Å². The van der Waals surface area contributed by atoms with Crippen molar-refractivity contribution < 1.29 is 31.8 Å². The normalized spacial score (nSPS) is 13.8. The average Bonchev–Trinajstić information content (AvgIpc) is 3.59. The van der Waals surface area contributed by atoms with Crippen LogP contribution in [0.4, 0.5) is 31.8 Å². The van der Waals surface area contributed by atoms with Crippen molar-refractivity contribution in [3.63, 3.8) is 0 Å². The summed E-state index contributed by atoms with van der Waals surface area (Å²) in [6.45, 7) is 7.74. The smallest absolute Gasteiger partial charge is 0.259 e. The van der Waals surface area contributed by atoms with Gasteiger partial charge < -0.3 is 29.6 Å². The number of nitrogens with one attached hydrogen (secondary N) is 2. The molecule has 7 rings (SSSR count). The lowest BCUT2D eigenvalue weighted by atomic mass is 10.0. The summed E-state index contributed by atoms with van der Waals surface area (Å²) in [7, 11) is 1.60. The van der Waals surface area contributed by atoms with Gasteiger partial charge in [0.1, 0.15) is 34.5 Å². The number of pyridine rings is 1. The summed E-state index contributed by atoms with van der Waals surface area (Å²) in [4.78, 5) is 32.4. The average molecular weight is 783 g/mol. The molecule has 1 fully saturated rings. The standard InChI is InChI=1S/C40H40F2N8O5S/c1-4-55-33-12-11-26(23-27(33)39(51)47-37-28(41)8-7-9-29(37)42)36-38(50-15-6-5-10-35(50)46-36)30-13-14-43-40(44-30)45-31-22-25(2)32(24-34(31)54-3)49-18-16-48(17-19-49)20-21-56(52)53/h5-15,22-24H,4,16-21H2,1-3H3,(H,47,51)(H,52,53)(H,43,44,45). The molecule has 1 amide bonds. The van der Waals surface area contributed by atoms with Crippen LogP contribution in [-0.2, 0) is 11.1 Å². The molecule has 4 heterocycles. The van der Waals surface area contributed by atoms with Crippen LogP contribution in [0.15, 0.2) is 85.2 Å². The highest BCUT2D eigenvalue weighted by atomic mass is 32.2. The highest BCUT2D eigenvalue weighted by molar-refractivity contribution is 7.79. The van der Waals surface area contributed by atoms with Crippen LogP contribution in [0.5, 0.6) is 11.5 Å². The molecule has 0 aliphatic carbocycles. The Kier molecular flexibility index (Phi) is 11.5. The SMILES string of the molecule is CCOc1ccc(-c2nc3ccccn3c2-c2ccnc(Nc3cc(C)c(N4CCN(CCS(=O)O)CC4)cc3OC)n2)cc1C(=O)Nc1c(F)cccc1F. The molecule has 1 aliphatic heterocycles. The van der Waals surface area contributed by atoms with Gasteiger partial charge >= 0.3 is 0 Å². The molecule has 1 atom stereocenters. The number of aryl methyl sites for hydroxylation is 1. The molecule has 1 aliphatic rings. The number of hydrogen-bond donors (Lipinski definition) is 3. The number of fused-ring (bicyclic) bond motifs is 1. The molecule has 0 saturated carbocycles. The first kappa shape index (κ1) is 38.3. The van der Waals surface area contributed by atoms with E-state index in [0.29, 0.717) is 52.2 Å². The summed E-state index contributed by atoms with van der Waals surface area (Å²) in [5, 5.41) is 5.69. The van der Waals surface area contributed by atoms with Crippen LogP contribution in [-0.4, -0.2) is 91.1 Å². The molecule has 1 unspecified atom stereocenters. The zero-order chi connectivity index (χ0) is 39.3. The zero-order valence-corrected chi connectivity index (χ0v) is 31.8. The minimum absolute atomic E-state index is 0.0622. The molecule has 56 heavy (non-hydrogen) atoms. The number of aromatic nitrogens is 4. The number of benzene rings is 3. The Bertz CT molecular complexity index is 2400. The lowest BCUT2D eigenvalue weighted by molar-refractivity contribution is 0.102. The number of carbonyl (C=O) groups excluding carboxylic acids is 1. The second-order valence-electron chi connectivity index (χ2n) is 13.0. The Labute approximate surface area is 324 Å². The van der Waals surface area contributed by atoms with Crippen LogP contribution in [0.1, 0.15) is 22.8 Å². The number of amides is 1. The van der Waals surface area contributed by atoms with E-state index in [1.165, 1.54) is 6.07 Å². The van der Waals surface area contributed by atoms with Crippen LogP contribution in [0, 0.1) is 18.6 Å². The topological polar surface area (TPSA) is 146 Å². The van der Waals surface area contributed by atoms with Crippen LogP contribution < -0.4 is 25.0 Å². The van der Waals surface area contributed by atoms with Crippen molar-refractivity contribution in [1.82, 2.24) is 24.3 Å². The minimum atomic E-state index is -1.81. The summed E-state index contributed by atoms with van der Waals surface area (Å²) in [5.74, 6) is -1.19. The third-order valence-corrected chi connectivity index (χ3v) is 10.0. The van der Waals surface area contributed by atoms with E-state index in [1.54, 1.807) is 44.5 Å². The lowest BCUT2D eigenvalue weighted by Gasteiger charge is -2.37. The first-order valence-corrected chi connectivity index (χ1v) is 19.2. The van der Waals surface area contributed by atoms with Gasteiger partial charge in [-0.1, -0.05) is 12.1 Å². The lowest BCUT2D eigenvalue weighted by Crippen LogP contribution is -2.47. The Morgan fingerprint density at radius 2 is 1.75 bits per heavy atom. The van der Waals surface area contributed by atoms with E-state index in [1.807, 2.05) is 47.9 Å². The summed E-state index contributed by atoms with van der Waals surface area (Å²) < 4.78 is 62.8. The molecule has 3 N–H and O–H groups in total. The van der Waals surface area contributed by atoms with Crippen molar-refractivity contribution >= 4 is 45.6 Å². The number of para-hydroxylation sites is 1. The third kappa shape index (κ3) is 8.17. The molecule has 0 bridgehead atoms. The number of piperazine rings is 1. The van der Waals surface area contributed by atoms with Gasteiger partial charge in [-0.05, 0) is 74.0 Å². The van der Waals surface area contributed by atoms with Gasteiger partial charge in [0.15, 0.2) is 11.1 Å². The number of rotatable bonds is 13. The molecular formula is C40H40F2N8O5S. The van der Waals surface area contributed by atoms with Crippen molar-refractivity contribution in [1.29, 1.82) is 0 Å². The fourth-order valence-corrected chi connectivity index (χ4v) is 7.17. The monoisotopic (exact) mass is 782 g/mol. The van der Waals surface area contributed by atoms with Gasteiger partial charge in [0.25, 0.3) is 5.91 Å². The maximum atomic E-state index is 14.5. The predicted molar refractivity (Wildman–Crippen MR) is 212 cm³/mol. The predicted octanol–water partition coefficient (Wildman–Crippen LogP) is 6.79. The van der Waals surface area contributed by atoms with Crippen molar-refractivity contribution in [2.45, 2.75) is 13.8 Å². The first-order chi connectivity index (χ1) is 27.1.